The average Bonchev–Trinajstić information content (AvgIpc) is 2.79. The van der Waals surface area contributed by atoms with E-state index < -0.39 is 10.8 Å². The first kappa shape index (κ1) is 19.2. The van der Waals surface area contributed by atoms with Gasteiger partial charge in [-0.15, -0.1) is 0 Å². The van der Waals surface area contributed by atoms with E-state index in [0.717, 1.165) is 5.56 Å². The number of allylic oxidation sites excluding steroid dienone is 1. The number of alkyl halides is 1. The number of rotatable bonds is 4. The number of para-hydroxylation sites is 1. The predicted octanol–water partition coefficient (Wildman–Crippen LogP) is 5.56. The maximum absolute atomic E-state index is 13.8. The molecule has 1 unspecified atom stereocenters. The maximum Gasteiger partial charge on any atom is 0.265 e. The lowest BCUT2D eigenvalue weighted by molar-refractivity contribution is -0.129. The van der Waals surface area contributed by atoms with E-state index in [1.165, 1.54) is 0 Å². The molecule has 29 heavy (non-hydrogen) atoms. The van der Waals surface area contributed by atoms with Crippen molar-refractivity contribution >= 4 is 34.7 Å². The zero-order chi connectivity index (χ0) is 20.4. The van der Waals surface area contributed by atoms with E-state index in [1.807, 2.05) is 73.7 Å². The smallest absolute Gasteiger partial charge is 0.265 e. The quantitative estimate of drug-likeness (QED) is 0.424. The first-order valence-electron chi connectivity index (χ1n) is 9.56. The number of benzene rings is 3. The first-order valence-corrected chi connectivity index (χ1v) is 9.94. The van der Waals surface area contributed by atoms with Crippen LogP contribution in [0.2, 0.25) is 0 Å². The summed E-state index contributed by atoms with van der Waals surface area (Å²) in [7, 11) is 0. The van der Waals surface area contributed by atoms with Crippen LogP contribution in [0.25, 0.3) is 5.70 Å². The molecule has 3 aromatic rings. The lowest BCUT2D eigenvalue weighted by Crippen LogP contribution is -2.52. The van der Waals surface area contributed by atoms with Gasteiger partial charge in [-0.2, -0.15) is 0 Å². The summed E-state index contributed by atoms with van der Waals surface area (Å²) in [5.74, 6) is -0.818. The van der Waals surface area contributed by atoms with Crippen molar-refractivity contribution in [3.05, 3.63) is 108 Å². The number of ketones is 1. The standard InChI is InChI=1S/C25H20ClNO2/c1-2-21-22(18-12-6-3-7-13-18)27(20-16-10-5-11-17-20)24(29)25(26,23(21)28)19-14-8-4-9-15-19/h3-17H,2H2,1H3. The third-order valence-corrected chi connectivity index (χ3v) is 5.73. The Morgan fingerprint density at radius 1 is 0.793 bits per heavy atom. The van der Waals surface area contributed by atoms with Gasteiger partial charge in [0.2, 0.25) is 4.87 Å². The molecule has 1 amide bonds. The van der Waals surface area contributed by atoms with E-state index in [-0.39, 0.29) is 5.78 Å². The Kier molecular flexibility index (Phi) is 5.08. The number of hydrogen-bond donors (Lipinski definition) is 0. The molecule has 4 heteroatoms. The topological polar surface area (TPSA) is 37.4 Å². The normalized spacial score (nSPS) is 19.6. The third kappa shape index (κ3) is 3.08. The second-order valence-electron chi connectivity index (χ2n) is 6.88. The Morgan fingerprint density at radius 2 is 1.31 bits per heavy atom. The van der Waals surface area contributed by atoms with Crippen LogP contribution in [0.4, 0.5) is 5.69 Å². The number of carbonyl (C=O) groups is 2. The maximum atomic E-state index is 13.8. The van der Waals surface area contributed by atoms with Crippen LogP contribution in [0.1, 0.15) is 24.5 Å². The lowest BCUT2D eigenvalue weighted by atomic mass is 9.81. The zero-order valence-corrected chi connectivity index (χ0v) is 16.8. The van der Waals surface area contributed by atoms with Crippen molar-refractivity contribution in [1.29, 1.82) is 0 Å². The summed E-state index contributed by atoms with van der Waals surface area (Å²) in [5, 5.41) is 0. The Hall–Kier alpha value is -3.17. The second-order valence-corrected chi connectivity index (χ2v) is 7.44. The molecule has 144 valence electrons. The highest BCUT2D eigenvalue weighted by molar-refractivity contribution is 6.53. The number of halogens is 1. The van der Waals surface area contributed by atoms with Crippen LogP contribution < -0.4 is 4.90 Å². The van der Waals surface area contributed by atoms with Crippen molar-refractivity contribution in [3.8, 4) is 0 Å². The number of nitrogens with zero attached hydrogens (tertiary/aromatic N) is 1. The summed E-state index contributed by atoms with van der Waals surface area (Å²) in [6.07, 6.45) is 0.459. The molecule has 1 aliphatic rings. The Balaban J connectivity index is 2.03. The monoisotopic (exact) mass is 401 g/mol. The lowest BCUT2D eigenvalue weighted by Gasteiger charge is -2.39. The molecular formula is C25H20ClNO2. The molecule has 0 aromatic heterocycles. The van der Waals surface area contributed by atoms with E-state index in [1.54, 1.807) is 29.2 Å². The highest BCUT2D eigenvalue weighted by atomic mass is 35.5. The highest BCUT2D eigenvalue weighted by Gasteiger charge is 2.54. The summed E-state index contributed by atoms with van der Waals surface area (Å²) in [5.41, 5.74) is 3.10. The van der Waals surface area contributed by atoms with E-state index in [9.17, 15) is 9.59 Å². The average molecular weight is 402 g/mol. The van der Waals surface area contributed by atoms with Crippen LogP contribution in [-0.4, -0.2) is 11.7 Å². The summed E-state index contributed by atoms with van der Waals surface area (Å²) < 4.78 is 0. The minimum Gasteiger partial charge on any atom is -0.291 e. The summed E-state index contributed by atoms with van der Waals surface area (Å²) in [4.78, 5) is 27.3. The molecule has 0 saturated carbocycles. The number of Topliss-reactive ketones (excluding diaryl/α,β-unsaturated/α-hetero) is 1. The van der Waals surface area contributed by atoms with Crippen LogP contribution >= 0.6 is 11.6 Å². The van der Waals surface area contributed by atoms with Crippen LogP contribution in [0.5, 0.6) is 0 Å². The van der Waals surface area contributed by atoms with Gasteiger partial charge < -0.3 is 0 Å². The Bertz CT molecular complexity index is 1080. The second kappa shape index (κ2) is 7.69. The number of carbonyl (C=O) groups excluding carboxylic acids is 2. The fourth-order valence-corrected chi connectivity index (χ4v) is 4.10. The van der Waals surface area contributed by atoms with Crippen LogP contribution in [0, 0.1) is 0 Å². The van der Waals surface area contributed by atoms with Crippen molar-refractivity contribution in [2.45, 2.75) is 18.2 Å². The summed E-state index contributed by atoms with van der Waals surface area (Å²) >= 11 is 6.90. The fourth-order valence-electron chi connectivity index (χ4n) is 3.78. The molecule has 3 nitrogen and oxygen atoms in total. The molecular weight excluding hydrogens is 382 g/mol. The van der Waals surface area contributed by atoms with Gasteiger partial charge in [0.05, 0.1) is 5.70 Å². The van der Waals surface area contributed by atoms with Crippen molar-refractivity contribution in [2.75, 3.05) is 4.90 Å². The highest BCUT2D eigenvalue weighted by Crippen LogP contribution is 2.45. The molecule has 0 bridgehead atoms. The van der Waals surface area contributed by atoms with Crippen molar-refractivity contribution < 1.29 is 9.59 Å². The van der Waals surface area contributed by atoms with E-state index in [0.29, 0.717) is 28.9 Å². The van der Waals surface area contributed by atoms with Crippen molar-refractivity contribution in [1.82, 2.24) is 0 Å². The van der Waals surface area contributed by atoms with Crippen LogP contribution in [-0.2, 0) is 14.5 Å². The first-order chi connectivity index (χ1) is 14.1. The van der Waals surface area contributed by atoms with E-state index >= 15 is 0 Å². The molecule has 0 spiro atoms. The largest absolute Gasteiger partial charge is 0.291 e. The minimum absolute atomic E-state index is 0.357. The van der Waals surface area contributed by atoms with E-state index in [4.69, 9.17) is 11.6 Å². The molecule has 1 heterocycles. The van der Waals surface area contributed by atoms with Crippen LogP contribution in [0.15, 0.2) is 96.6 Å². The van der Waals surface area contributed by atoms with Crippen molar-refractivity contribution in [2.24, 2.45) is 0 Å². The van der Waals surface area contributed by atoms with Gasteiger partial charge in [0.25, 0.3) is 5.91 Å². The fraction of sp³-hybridized carbons (Fsp3) is 0.120. The zero-order valence-electron chi connectivity index (χ0n) is 16.0. The molecule has 0 N–H and O–H groups in total. The molecule has 0 fully saturated rings. The van der Waals surface area contributed by atoms with Gasteiger partial charge in [-0.3, -0.25) is 14.5 Å². The SMILES string of the molecule is CCC1=C(c2ccccc2)N(c2ccccc2)C(=O)C(Cl)(c2ccccc2)C1=O. The molecule has 4 rings (SSSR count). The summed E-state index contributed by atoms with van der Waals surface area (Å²) in [6, 6.07) is 27.7. The van der Waals surface area contributed by atoms with Gasteiger partial charge in [0.1, 0.15) is 0 Å². The molecule has 1 atom stereocenters. The van der Waals surface area contributed by atoms with Crippen LogP contribution in [0.3, 0.4) is 0 Å². The Morgan fingerprint density at radius 3 is 1.86 bits per heavy atom. The third-order valence-electron chi connectivity index (χ3n) is 5.18. The molecule has 0 aliphatic carbocycles. The number of amides is 1. The summed E-state index contributed by atoms with van der Waals surface area (Å²) in [6.45, 7) is 1.91. The van der Waals surface area contributed by atoms with Gasteiger partial charge in [0, 0.05) is 11.3 Å². The minimum atomic E-state index is -1.79. The Labute approximate surface area is 175 Å². The number of anilines is 1. The predicted molar refractivity (Wildman–Crippen MR) is 117 cm³/mol. The number of hydrogen-bond acceptors (Lipinski definition) is 2. The van der Waals surface area contributed by atoms with Gasteiger partial charge >= 0.3 is 0 Å². The van der Waals surface area contributed by atoms with Gasteiger partial charge in [-0.05, 0) is 29.7 Å². The van der Waals surface area contributed by atoms with Gasteiger partial charge in [0.15, 0.2) is 5.78 Å². The molecule has 0 saturated heterocycles. The van der Waals surface area contributed by atoms with Crippen molar-refractivity contribution in [3.63, 3.8) is 0 Å². The van der Waals surface area contributed by atoms with E-state index in [2.05, 4.69) is 0 Å². The van der Waals surface area contributed by atoms with Gasteiger partial charge in [-0.25, -0.2) is 0 Å². The molecule has 0 radical (unpaired) electrons. The van der Waals surface area contributed by atoms with Gasteiger partial charge in [-0.1, -0.05) is 97.4 Å². The molecule has 3 aromatic carbocycles. The molecule has 1 aliphatic heterocycles.